The van der Waals surface area contributed by atoms with E-state index in [2.05, 4.69) is 76.2 Å². The Morgan fingerprint density at radius 1 is 0.286 bits per heavy atom. The Morgan fingerprint density at radius 3 is 0.952 bits per heavy atom. The van der Waals surface area contributed by atoms with E-state index in [9.17, 15) is 0 Å². The van der Waals surface area contributed by atoms with Crippen molar-refractivity contribution in [3.8, 4) is 0 Å². The van der Waals surface area contributed by atoms with E-state index in [1.54, 1.807) is 154 Å². The average Bonchev–Trinajstić information content (AvgIpc) is 3.09. The molecule has 0 heterocycles. The van der Waals surface area contributed by atoms with Crippen LogP contribution in [-0.2, 0) is 0 Å². The lowest BCUT2D eigenvalue weighted by Gasteiger charge is -2.56. The van der Waals surface area contributed by atoms with Crippen LogP contribution in [0.4, 0.5) is 0 Å². The van der Waals surface area contributed by atoms with E-state index in [1.165, 1.54) is 173 Å². The maximum atomic E-state index is 2.54. The first-order valence-electron chi connectivity index (χ1n) is 40.1. The van der Waals surface area contributed by atoms with Crippen molar-refractivity contribution in [2.45, 2.75) is 404 Å². The SMILES string of the molecule is CC12CC3CC(CC(C3)C1)C2.CC1CCC(C2CCCCC2)CC1.CC1CCC2(CC1)CCC(C)(C)CC2.CC1CCC2(CCCC2)CC1.CC1CCC2(CCCCC2)CC1.CCC12CC3CC(CC(C3)C1)C2.C[C@@H]1C2CCC(CC2)C1(C)C. The molecule has 10 bridgehead atoms. The Labute approximate surface area is 527 Å². The van der Waals surface area contributed by atoms with Gasteiger partial charge in [0.05, 0.1) is 0 Å². The van der Waals surface area contributed by atoms with E-state index in [0.29, 0.717) is 10.8 Å². The van der Waals surface area contributed by atoms with Crippen LogP contribution >= 0.6 is 0 Å². The molecule has 1 atom stereocenters. The first-order valence-corrected chi connectivity index (χ1v) is 40.1. The minimum absolute atomic E-state index is 0.647. The Hall–Kier alpha value is 0. The van der Waals surface area contributed by atoms with Gasteiger partial charge in [-0.1, -0.05) is 198 Å². The highest BCUT2D eigenvalue weighted by Crippen LogP contribution is 2.63. The number of hydrogen-bond donors (Lipinski definition) is 0. The van der Waals surface area contributed by atoms with Gasteiger partial charge >= 0.3 is 0 Å². The zero-order chi connectivity index (χ0) is 59.2. The molecule has 0 aromatic rings. The average molecular weight is 1160 g/mol. The molecule has 3 spiro atoms. The second-order valence-electron chi connectivity index (χ2n) is 39.1. The Morgan fingerprint density at radius 2 is 0.607 bits per heavy atom. The molecule has 0 aromatic carbocycles. The quantitative estimate of drug-likeness (QED) is 0.259. The van der Waals surface area contributed by atoms with Crippen LogP contribution in [0.25, 0.3) is 0 Å². The Bertz CT molecular complexity index is 1790. The predicted molar refractivity (Wildman–Crippen MR) is 367 cm³/mol. The van der Waals surface area contributed by atoms with Gasteiger partial charge in [0.25, 0.3) is 0 Å². The fourth-order valence-corrected chi connectivity index (χ4v) is 25.5. The highest BCUT2D eigenvalue weighted by Gasteiger charge is 2.51. The molecule has 0 N–H and O–H groups in total. The minimum Gasteiger partial charge on any atom is -0.0649 e. The van der Waals surface area contributed by atoms with Gasteiger partial charge in [-0.15, -0.1) is 0 Å². The molecule has 19 fully saturated rings. The summed E-state index contributed by atoms with van der Waals surface area (Å²) in [4.78, 5) is 0. The van der Waals surface area contributed by atoms with E-state index >= 15 is 0 Å². The van der Waals surface area contributed by atoms with Crippen molar-refractivity contribution < 1.29 is 0 Å². The second-order valence-corrected chi connectivity index (χ2v) is 39.1. The van der Waals surface area contributed by atoms with Gasteiger partial charge in [0.2, 0.25) is 0 Å². The Balaban J connectivity index is 0.000000109. The summed E-state index contributed by atoms with van der Waals surface area (Å²) in [6.07, 6.45) is 78.5. The van der Waals surface area contributed by atoms with E-state index < -0.39 is 0 Å². The topological polar surface area (TPSA) is 0 Å². The summed E-state index contributed by atoms with van der Waals surface area (Å²) in [5.41, 5.74) is 5.43. The van der Waals surface area contributed by atoms with Crippen molar-refractivity contribution in [3.05, 3.63) is 0 Å². The van der Waals surface area contributed by atoms with Crippen molar-refractivity contribution in [1.82, 2.24) is 0 Å². The third-order valence-electron chi connectivity index (χ3n) is 31.6. The van der Waals surface area contributed by atoms with Gasteiger partial charge in [0.1, 0.15) is 0 Å². The van der Waals surface area contributed by atoms with Crippen molar-refractivity contribution in [3.63, 3.8) is 0 Å². The standard InChI is InChI=1S/C14H26.C13H24.C12H20.C12H22.C11H18.2C11H20/c1-12-4-6-14(7-5-12)10-8-13(2,3)9-11-14;1-11-7-9-13(10-8-11)12-5-3-2-4-6-12;1-2-12-6-9-3-10(7-12)5-11(4-9)8-12;1-11-5-9-12(10-6-11)7-3-2-4-8-12;1-11-5-8-2-9(6-11)4-10(3-8)7-11;1-8-9-4-6-10(7-5-9)11(8,2)3;1-10-4-8-11(9-5-10)6-2-3-7-11/h12H,4-11H2,1-3H3;11-13H,2-10H2,1H3;9-11H,2-8H2,1H3;11H,2-10H2,1H3;8-10H,2-7H2,1H3;8-10H,4-7H2,1-3H3;10H,2-9H2,1H3/t;;;;;8-,9?,10?;/m.....1./s1. The molecular weight excluding hydrogens is 1010 g/mol. The van der Waals surface area contributed by atoms with E-state index in [-0.39, 0.29) is 0 Å². The zero-order valence-electron chi connectivity index (χ0n) is 59.2. The van der Waals surface area contributed by atoms with Gasteiger partial charge in [0, 0.05) is 0 Å². The van der Waals surface area contributed by atoms with Crippen LogP contribution in [0.2, 0.25) is 0 Å². The zero-order valence-corrected chi connectivity index (χ0v) is 59.2. The highest BCUT2D eigenvalue weighted by atomic mass is 14.6. The van der Waals surface area contributed by atoms with Crippen LogP contribution in [0.3, 0.4) is 0 Å². The van der Waals surface area contributed by atoms with Gasteiger partial charge < -0.3 is 0 Å². The smallest absolute Gasteiger partial charge is 0.0292 e. The molecule has 0 aromatic heterocycles. The third kappa shape index (κ3) is 17.8. The molecule has 0 saturated heterocycles. The Kier molecular flexibility index (Phi) is 23.3. The number of hydrogen-bond acceptors (Lipinski definition) is 0. The second kappa shape index (κ2) is 29.3. The maximum absolute atomic E-state index is 2.54. The lowest BCUT2D eigenvalue weighted by atomic mass is 9.49. The fraction of sp³-hybridized carbons (Fsp3) is 1.00. The molecular formula is C84H150. The molecule has 19 aliphatic carbocycles. The highest BCUT2D eigenvalue weighted by molar-refractivity contribution is 5.02. The molecule has 19 saturated carbocycles. The molecule has 0 nitrogen and oxygen atoms in total. The van der Waals surface area contributed by atoms with Crippen LogP contribution in [0.15, 0.2) is 0 Å². The minimum atomic E-state index is 0.647. The number of fused-ring (bicyclic) bond motifs is 3. The lowest BCUT2D eigenvalue weighted by molar-refractivity contribution is -0.0545. The largest absolute Gasteiger partial charge is 0.0649 e. The fourth-order valence-electron chi connectivity index (χ4n) is 25.5. The van der Waals surface area contributed by atoms with Crippen LogP contribution in [0, 0.1) is 127 Å². The van der Waals surface area contributed by atoms with Gasteiger partial charge in [0.15, 0.2) is 0 Å². The molecule has 19 aliphatic rings. The van der Waals surface area contributed by atoms with Crippen LogP contribution < -0.4 is 0 Å². The molecule has 0 unspecified atom stereocenters. The summed E-state index contributed by atoms with van der Waals surface area (Å²) < 4.78 is 0. The van der Waals surface area contributed by atoms with E-state index in [1.807, 2.05) is 0 Å². The molecule has 19 rings (SSSR count). The van der Waals surface area contributed by atoms with Crippen LogP contribution in [0.1, 0.15) is 404 Å². The molecule has 0 radical (unpaired) electrons. The monoisotopic (exact) mass is 1160 g/mol. The first kappa shape index (κ1) is 66.9. The van der Waals surface area contributed by atoms with Gasteiger partial charge in [-0.25, -0.2) is 0 Å². The van der Waals surface area contributed by atoms with Crippen molar-refractivity contribution >= 4 is 0 Å². The molecule has 0 aliphatic heterocycles. The summed E-state index contributed by atoms with van der Waals surface area (Å²) in [5, 5.41) is 0. The molecule has 0 amide bonds. The predicted octanol–water partition coefficient (Wildman–Crippen LogP) is 27.4. The molecule has 0 heteroatoms. The number of rotatable bonds is 2. The van der Waals surface area contributed by atoms with Crippen molar-refractivity contribution in [2.75, 3.05) is 0 Å². The summed E-state index contributed by atoms with van der Waals surface area (Å²) in [6.45, 7) is 27.0. The molecule has 84 heavy (non-hydrogen) atoms. The van der Waals surface area contributed by atoms with Crippen molar-refractivity contribution in [2.24, 2.45) is 127 Å². The summed E-state index contributed by atoms with van der Waals surface area (Å²) >= 11 is 0. The van der Waals surface area contributed by atoms with Gasteiger partial charge in [-0.05, 0) is 332 Å². The van der Waals surface area contributed by atoms with Crippen molar-refractivity contribution in [1.29, 1.82) is 0 Å². The summed E-state index contributed by atoms with van der Waals surface area (Å²) in [7, 11) is 0. The van der Waals surface area contributed by atoms with E-state index in [0.717, 1.165) is 116 Å². The maximum Gasteiger partial charge on any atom is -0.0292 e. The molecule has 486 valence electrons. The van der Waals surface area contributed by atoms with Crippen LogP contribution in [-0.4, -0.2) is 0 Å². The third-order valence-corrected chi connectivity index (χ3v) is 31.6. The van der Waals surface area contributed by atoms with Crippen LogP contribution in [0.5, 0.6) is 0 Å². The lowest BCUT2D eigenvalue weighted by Crippen LogP contribution is -2.45. The van der Waals surface area contributed by atoms with E-state index in [4.69, 9.17) is 0 Å². The normalized spacial score (nSPS) is 42.5. The summed E-state index contributed by atoms with van der Waals surface area (Å²) in [6, 6.07) is 0. The summed E-state index contributed by atoms with van der Waals surface area (Å²) in [5.74, 6) is 16.3. The van der Waals surface area contributed by atoms with Gasteiger partial charge in [-0.2, -0.15) is 0 Å². The first-order chi connectivity index (χ1) is 40.1. The van der Waals surface area contributed by atoms with Gasteiger partial charge in [-0.3, -0.25) is 0 Å².